The standard InChI is InChI=1S/C6H12N2O.C2HF3O2/c7-4-3-5-1-2-6(9)8-5;3-2(4,5)1(6)7/h5H,1-4,7H2,(H,8,9);(H,6,7). The molecule has 94 valence electrons. The van der Waals surface area contributed by atoms with Gasteiger partial charge in [0, 0.05) is 12.5 Å². The van der Waals surface area contributed by atoms with Gasteiger partial charge in [-0.15, -0.1) is 0 Å². The Morgan fingerprint density at radius 2 is 2.06 bits per heavy atom. The van der Waals surface area contributed by atoms with Crippen LogP contribution in [0.15, 0.2) is 0 Å². The lowest BCUT2D eigenvalue weighted by atomic mass is 10.2. The molecule has 16 heavy (non-hydrogen) atoms. The lowest BCUT2D eigenvalue weighted by Gasteiger charge is -2.05. The molecule has 0 aromatic rings. The fraction of sp³-hybridized carbons (Fsp3) is 0.750. The highest BCUT2D eigenvalue weighted by Crippen LogP contribution is 2.13. The first-order chi connectivity index (χ1) is 7.27. The van der Waals surface area contributed by atoms with E-state index in [1.807, 2.05) is 0 Å². The molecule has 5 nitrogen and oxygen atoms in total. The van der Waals surface area contributed by atoms with Gasteiger partial charge in [0.15, 0.2) is 0 Å². The second-order valence-electron chi connectivity index (χ2n) is 3.18. The zero-order valence-electron chi connectivity index (χ0n) is 8.38. The lowest BCUT2D eigenvalue weighted by Crippen LogP contribution is -2.27. The molecule has 1 heterocycles. The monoisotopic (exact) mass is 242 g/mol. The number of amides is 1. The van der Waals surface area contributed by atoms with Crippen molar-refractivity contribution in [2.45, 2.75) is 31.5 Å². The van der Waals surface area contributed by atoms with E-state index in [9.17, 15) is 18.0 Å². The van der Waals surface area contributed by atoms with Gasteiger partial charge in [-0.25, -0.2) is 4.79 Å². The lowest BCUT2D eigenvalue weighted by molar-refractivity contribution is -0.192. The number of hydrogen-bond donors (Lipinski definition) is 3. The van der Waals surface area contributed by atoms with Gasteiger partial charge in [-0.1, -0.05) is 0 Å². The van der Waals surface area contributed by atoms with Crippen LogP contribution in [-0.4, -0.2) is 35.7 Å². The van der Waals surface area contributed by atoms with Crippen LogP contribution >= 0.6 is 0 Å². The number of aliphatic carboxylic acids is 1. The maximum absolute atomic E-state index is 10.6. The smallest absolute Gasteiger partial charge is 0.475 e. The minimum atomic E-state index is -5.08. The van der Waals surface area contributed by atoms with Crippen molar-refractivity contribution in [3.63, 3.8) is 0 Å². The summed E-state index contributed by atoms with van der Waals surface area (Å²) in [5.41, 5.74) is 5.30. The van der Waals surface area contributed by atoms with Crippen LogP contribution in [0.3, 0.4) is 0 Å². The maximum Gasteiger partial charge on any atom is 0.490 e. The highest BCUT2D eigenvalue weighted by Gasteiger charge is 2.38. The normalized spacial score (nSPS) is 19.8. The van der Waals surface area contributed by atoms with Crippen molar-refractivity contribution in [3.05, 3.63) is 0 Å². The van der Waals surface area contributed by atoms with Crippen LogP contribution in [0.1, 0.15) is 19.3 Å². The van der Waals surface area contributed by atoms with E-state index in [4.69, 9.17) is 15.6 Å². The Balaban J connectivity index is 0.000000293. The van der Waals surface area contributed by atoms with Gasteiger partial charge in [-0.3, -0.25) is 4.79 Å². The molecule has 0 radical (unpaired) electrons. The fourth-order valence-electron chi connectivity index (χ4n) is 1.10. The molecule has 1 aliphatic rings. The van der Waals surface area contributed by atoms with Gasteiger partial charge in [0.05, 0.1) is 0 Å². The molecule has 1 aliphatic heterocycles. The summed E-state index contributed by atoms with van der Waals surface area (Å²) < 4.78 is 31.7. The van der Waals surface area contributed by atoms with Crippen molar-refractivity contribution < 1.29 is 27.9 Å². The SMILES string of the molecule is NCCC1CCC(=O)N1.O=C(O)C(F)(F)F. The first-order valence-electron chi connectivity index (χ1n) is 4.57. The predicted octanol–water partition coefficient (Wildman–Crippen LogP) is 0.247. The van der Waals surface area contributed by atoms with Crippen LogP contribution in [0.2, 0.25) is 0 Å². The number of carbonyl (C=O) groups is 2. The molecule has 0 aliphatic carbocycles. The van der Waals surface area contributed by atoms with Crippen LogP contribution < -0.4 is 11.1 Å². The van der Waals surface area contributed by atoms with Crippen molar-refractivity contribution in [2.24, 2.45) is 5.73 Å². The summed E-state index contributed by atoms with van der Waals surface area (Å²) in [5.74, 6) is -2.58. The van der Waals surface area contributed by atoms with Crippen LogP contribution in [-0.2, 0) is 9.59 Å². The number of nitrogens with two attached hydrogens (primary N) is 1. The molecule has 8 heteroatoms. The third-order valence-electron chi connectivity index (χ3n) is 1.84. The number of nitrogens with one attached hydrogen (secondary N) is 1. The van der Waals surface area contributed by atoms with E-state index in [2.05, 4.69) is 5.32 Å². The molecule has 4 N–H and O–H groups in total. The highest BCUT2D eigenvalue weighted by atomic mass is 19.4. The molecule has 1 unspecified atom stereocenters. The quantitative estimate of drug-likeness (QED) is 0.647. The Kier molecular flexibility index (Phi) is 5.79. The Hall–Kier alpha value is -1.31. The van der Waals surface area contributed by atoms with Crippen molar-refractivity contribution >= 4 is 11.9 Å². The number of halogens is 3. The minimum absolute atomic E-state index is 0.174. The van der Waals surface area contributed by atoms with Crippen molar-refractivity contribution in [1.29, 1.82) is 0 Å². The van der Waals surface area contributed by atoms with Crippen molar-refractivity contribution in [2.75, 3.05) is 6.54 Å². The van der Waals surface area contributed by atoms with Gasteiger partial charge < -0.3 is 16.2 Å². The van der Waals surface area contributed by atoms with E-state index >= 15 is 0 Å². The zero-order chi connectivity index (χ0) is 12.8. The summed E-state index contributed by atoms with van der Waals surface area (Å²) in [4.78, 5) is 19.5. The second kappa shape index (κ2) is 6.31. The Labute approximate surface area is 89.8 Å². The Morgan fingerprint density at radius 1 is 1.56 bits per heavy atom. The number of rotatable bonds is 2. The van der Waals surface area contributed by atoms with Gasteiger partial charge in [-0.2, -0.15) is 13.2 Å². The van der Waals surface area contributed by atoms with Crippen LogP contribution in [0.25, 0.3) is 0 Å². The topological polar surface area (TPSA) is 92.4 Å². The first-order valence-corrected chi connectivity index (χ1v) is 4.57. The number of carboxylic acids is 1. The Morgan fingerprint density at radius 3 is 2.31 bits per heavy atom. The molecular weight excluding hydrogens is 229 g/mol. The first kappa shape index (κ1) is 14.7. The van der Waals surface area contributed by atoms with Crippen LogP contribution in [0.4, 0.5) is 13.2 Å². The van der Waals surface area contributed by atoms with Gasteiger partial charge in [0.25, 0.3) is 0 Å². The summed E-state index contributed by atoms with van der Waals surface area (Å²) >= 11 is 0. The molecule has 0 spiro atoms. The molecule has 1 saturated heterocycles. The summed E-state index contributed by atoms with van der Waals surface area (Å²) in [5, 5.41) is 9.96. The fourth-order valence-corrected chi connectivity index (χ4v) is 1.10. The average Bonchev–Trinajstić information content (AvgIpc) is 2.51. The molecule has 1 atom stereocenters. The summed E-state index contributed by atoms with van der Waals surface area (Å²) in [6, 6.07) is 0.363. The van der Waals surface area contributed by atoms with Crippen LogP contribution in [0.5, 0.6) is 0 Å². The zero-order valence-corrected chi connectivity index (χ0v) is 8.38. The molecular formula is C8H13F3N2O3. The largest absolute Gasteiger partial charge is 0.490 e. The molecule has 0 bridgehead atoms. The molecule has 1 fully saturated rings. The van der Waals surface area contributed by atoms with Crippen LogP contribution in [0, 0.1) is 0 Å². The molecule has 0 aromatic heterocycles. The van der Waals surface area contributed by atoms with Crippen molar-refractivity contribution in [1.82, 2.24) is 5.32 Å². The minimum Gasteiger partial charge on any atom is -0.475 e. The number of carboxylic acid groups (broad SMARTS) is 1. The highest BCUT2D eigenvalue weighted by molar-refractivity contribution is 5.78. The number of hydrogen-bond acceptors (Lipinski definition) is 3. The maximum atomic E-state index is 10.6. The average molecular weight is 242 g/mol. The molecule has 1 rings (SSSR count). The van der Waals surface area contributed by atoms with Gasteiger partial charge in [0.1, 0.15) is 0 Å². The van der Waals surface area contributed by atoms with Crippen molar-refractivity contribution in [3.8, 4) is 0 Å². The Bertz CT molecular complexity index is 255. The van der Waals surface area contributed by atoms with E-state index in [-0.39, 0.29) is 5.91 Å². The third kappa shape index (κ3) is 6.23. The molecule has 0 aromatic carbocycles. The van der Waals surface area contributed by atoms with Gasteiger partial charge in [0.2, 0.25) is 5.91 Å². The van der Waals surface area contributed by atoms with E-state index < -0.39 is 12.1 Å². The van der Waals surface area contributed by atoms with E-state index in [0.717, 1.165) is 12.8 Å². The number of carbonyl (C=O) groups excluding carboxylic acids is 1. The van der Waals surface area contributed by atoms with E-state index in [1.54, 1.807) is 0 Å². The van der Waals surface area contributed by atoms with Gasteiger partial charge >= 0.3 is 12.1 Å². The summed E-state index contributed by atoms with van der Waals surface area (Å²) in [6.45, 7) is 0.672. The van der Waals surface area contributed by atoms with E-state index in [1.165, 1.54) is 0 Å². The summed E-state index contributed by atoms with van der Waals surface area (Å²) in [7, 11) is 0. The van der Waals surface area contributed by atoms with E-state index in [0.29, 0.717) is 19.0 Å². The third-order valence-corrected chi connectivity index (χ3v) is 1.84. The second-order valence-corrected chi connectivity index (χ2v) is 3.18. The number of alkyl halides is 3. The molecule has 0 saturated carbocycles. The van der Waals surface area contributed by atoms with Gasteiger partial charge in [-0.05, 0) is 19.4 Å². The summed E-state index contributed by atoms with van der Waals surface area (Å²) in [6.07, 6.45) is -2.51. The predicted molar refractivity (Wildman–Crippen MR) is 48.5 cm³/mol. The molecule has 1 amide bonds.